The van der Waals surface area contributed by atoms with Crippen LogP contribution in [0.2, 0.25) is 5.02 Å². The number of benzene rings is 1. The van der Waals surface area contributed by atoms with Crippen LogP contribution in [0.4, 0.5) is 11.5 Å². The largest absolute Gasteiger partial charge is 0.384 e. The second kappa shape index (κ2) is 7.06. The van der Waals surface area contributed by atoms with Gasteiger partial charge in [-0.3, -0.25) is 4.79 Å². The number of hydrogen-bond acceptors (Lipinski definition) is 4. The van der Waals surface area contributed by atoms with Crippen LogP contribution >= 0.6 is 11.6 Å². The minimum absolute atomic E-state index is 0.203. The molecule has 0 aliphatic heterocycles. The topological polar surface area (TPSA) is 77.2 Å². The number of carbonyl (C=O) groups excluding carboxylic acids is 1. The van der Waals surface area contributed by atoms with Gasteiger partial charge in [-0.25, -0.2) is 4.98 Å². The van der Waals surface area contributed by atoms with E-state index in [0.29, 0.717) is 18.6 Å². The first kappa shape index (κ1) is 15.3. The van der Waals surface area contributed by atoms with E-state index >= 15 is 0 Å². The Balaban J connectivity index is 2.17. The maximum atomic E-state index is 12.2. The SMILES string of the molecule is COCCc1ccccc1NC(=O)c1cnc(N)c(Cl)c1. The summed E-state index contributed by atoms with van der Waals surface area (Å²) in [4.78, 5) is 16.1. The standard InChI is InChI=1S/C15H16ClN3O2/c1-21-7-6-10-4-2-3-5-13(10)19-15(20)11-8-12(16)14(17)18-9-11/h2-5,8-9H,6-7H2,1H3,(H2,17,18)(H,19,20). The molecular weight excluding hydrogens is 290 g/mol. The van der Waals surface area contributed by atoms with Crippen LogP contribution in [0.5, 0.6) is 0 Å². The number of pyridine rings is 1. The van der Waals surface area contributed by atoms with E-state index in [1.54, 1.807) is 7.11 Å². The van der Waals surface area contributed by atoms with E-state index in [-0.39, 0.29) is 16.7 Å². The van der Waals surface area contributed by atoms with Crippen molar-refractivity contribution >= 4 is 29.0 Å². The molecule has 0 aliphatic carbocycles. The van der Waals surface area contributed by atoms with Gasteiger partial charge in [-0.2, -0.15) is 0 Å². The van der Waals surface area contributed by atoms with Gasteiger partial charge in [0.2, 0.25) is 0 Å². The van der Waals surface area contributed by atoms with Crippen molar-refractivity contribution in [1.29, 1.82) is 0 Å². The highest BCUT2D eigenvalue weighted by atomic mass is 35.5. The highest BCUT2D eigenvalue weighted by molar-refractivity contribution is 6.33. The summed E-state index contributed by atoms with van der Waals surface area (Å²) in [7, 11) is 1.64. The molecule has 1 amide bonds. The number of nitrogens with one attached hydrogen (secondary N) is 1. The lowest BCUT2D eigenvalue weighted by atomic mass is 10.1. The van der Waals surface area contributed by atoms with Crippen molar-refractivity contribution in [3.63, 3.8) is 0 Å². The first-order valence-corrected chi connectivity index (χ1v) is 6.79. The number of halogens is 1. The number of nitrogens with two attached hydrogens (primary N) is 1. The number of ether oxygens (including phenoxy) is 1. The molecule has 110 valence electrons. The van der Waals surface area contributed by atoms with Crippen molar-refractivity contribution in [3.05, 3.63) is 52.7 Å². The van der Waals surface area contributed by atoms with Crippen LogP contribution in [0.25, 0.3) is 0 Å². The minimum atomic E-state index is -0.283. The van der Waals surface area contributed by atoms with Gasteiger partial charge in [0.15, 0.2) is 0 Å². The number of aromatic nitrogens is 1. The van der Waals surface area contributed by atoms with Gasteiger partial charge in [0.25, 0.3) is 5.91 Å². The van der Waals surface area contributed by atoms with Crippen LogP contribution in [0.15, 0.2) is 36.5 Å². The first-order chi connectivity index (χ1) is 10.1. The Labute approximate surface area is 128 Å². The number of carbonyl (C=O) groups is 1. The molecule has 0 spiro atoms. The second-order valence-corrected chi connectivity index (χ2v) is 4.85. The maximum Gasteiger partial charge on any atom is 0.257 e. The highest BCUT2D eigenvalue weighted by Gasteiger charge is 2.11. The molecule has 0 aliphatic rings. The normalized spacial score (nSPS) is 10.4. The van der Waals surface area contributed by atoms with Gasteiger partial charge in [-0.15, -0.1) is 0 Å². The molecule has 21 heavy (non-hydrogen) atoms. The molecule has 0 fully saturated rings. The average Bonchev–Trinajstić information content (AvgIpc) is 2.49. The summed E-state index contributed by atoms with van der Waals surface area (Å²) in [6.45, 7) is 0.585. The third-order valence-corrected chi connectivity index (χ3v) is 3.28. The lowest BCUT2D eigenvalue weighted by Gasteiger charge is -2.11. The fourth-order valence-corrected chi connectivity index (χ4v) is 2.01. The van der Waals surface area contributed by atoms with E-state index in [2.05, 4.69) is 10.3 Å². The summed E-state index contributed by atoms with van der Waals surface area (Å²) in [6.07, 6.45) is 2.11. The molecule has 6 heteroatoms. The summed E-state index contributed by atoms with van der Waals surface area (Å²) >= 11 is 5.88. The fourth-order valence-electron chi connectivity index (χ4n) is 1.84. The predicted molar refractivity (Wildman–Crippen MR) is 83.6 cm³/mol. The zero-order valence-electron chi connectivity index (χ0n) is 11.6. The Hall–Kier alpha value is -2.11. The first-order valence-electron chi connectivity index (χ1n) is 6.41. The van der Waals surface area contributed by atoms with E-state index < -0.39 is 0 Å². The van der Waals surface area contributed by atoms with Crippen LogP contribution in [0.3, 0.4) is 0 Å². The molecule has 0 saturated heterocycles. The number of para-hydroxylation sites is 1. The molecular formula is C15H16ClN3O2. The molecule has 3 N–H and O–H groups in total. The van der Waals surface area contributed by atoms with Crippen LogP contribution in [-0.4, -0.2) is 24.6 Å². The van der Waals surface area contributed by atoms with Gasteiger partial charge in [0.1, 0.15) is 5.82 Å². The Morgan fingerprint density at radius 1 is 1.43 bits per heavy atom. The lowest BCUT2D eigenvalue weighted by molar-refractivity contribution is 0.102. The maximum absolute atomic E-state index is 12.2. The molecule has 1 aromatic heterocycles. The monoisotopic (exact) mass is 305 g/mol. The van der Waals surface area contributed by atoms with Crippen molar-refractivity contribution in [1.82, 2.24) is 4.98 Å². The van der Waals surface area contributed by atoms with Crippen LogP contribution in [0, 0.1) is 0 Å². The van der Waals surface area contributed by atoms with Crippen molar-refractivity contribution < 1.29 is 9.53 Å². The van der Waals surface area contributed by atoms with Gasteiger partial charge in [0, 0.05) is 19.0 Å². The Kier molecular flexibility index (Phi) is 5.14. The molecule has 0 unspecified atom stereocenters. The van der Waals surface area contributed by atoms with Gasteiger partial charge in [-0.1, -0.05) is 29.8 Å². The van der Waals surface area contributed by atoms with Crippen molar-refractivity contribution in [2.75, 3.05) is 24.8 Å². The predicted octanol–water partition coefficient (Wildman–Crippen LogP) is 2.76. The summed E-state index contributed by atoms with van der Waals surface area (Å²) in [5.41, 5.74) is 7.63. The molecule has 2 aromatic rings. The molecule has 0 atom stereocenters. The molecule has 0 radical (unpaired) electrons. The quantitative estimate of drug-likeness (QED) is 0.890. The Morgan fingerprint density at radius 3 is 2.90 bits per heavy atom. The van der Waals surface area contributed by atoms with E-state index in [4.69, 9.17) is 22.1 Å². The third kappa shape index (κ3) is 3.93. The third-order valence-electron chi connectivity index (χ3n) is 2.97. The number of rotatable bonds is 5. The van der Waals surface area contributed by atoms with Gasteiger partial charge < -0.3 is 15.8 Å². The number of amides is 1. The Morgan fingerprint density at radius 2 is 2.19 bits per heavy atom. The van der Waals surface area contributed by atoms with E-state index in [9.17, 15) is 4.79 Å². The Bertz CT molecular complexity index is 647. The smallest absolute Gasteiger partial charge is 0.257 e. The van der Waals surface area contributed by atoms with Gasteiger partial charge >= 0.3 is 0 Å². The van der Waals surface area contributed by atoms with Crippen LogP contribution < -0.4 is 11.1 Å². The number of anilines is 2. The molecule has 0 bridgehead atoms. The van der Waals surface area contributed by atoms with Gasteiger partial charge in [0.05, 0.1) is 17.2 Å². The number of methoxy groups -OCH3 is 1. The van der Waals surface area contributed by atoms with Crippen LogP contribution in [0.1, 0.15) is 15.9 Å². The minimum Gasteiger partial charge on any atom is -0.384 e. The average molecular weight is 306 g/mol. The van der Waals surface area contributed by atoms with E-state index in [1.165, 1.54) is 12.3 Å². The molecule has 2 rings (SSSR count). The number of nitrogens with zero attached hydrogens (tertiary/aromatic N) is 1. The molecule has 0 saturated carbocycles. The zero-order valence-corrected chi connectivity index (χ0v) is 12.4. The zero-order chi connectivity index (χ0) is 15.2. The number of hydrogen-bond donors (Lipinski definition) is 2. The van der Waals surface area contributed by atoms with Crippen molar-refractivity contribution in [2.45, 2.75) is 6.42 Å². The fraction of sp³-hybridized carbons (Fsp3) is 0.200. The summed E-state index contributed by atoms with van der Waals surface area (Å²) in [5.74, 6) is -0.0806. The van der Waals surface area contributed by atoms with Gasteiger partial charge in [-0.05, 0) is 24.1 Å². The van der Waals surface area contributed by atoms with Crippen molar-refractivity contribution in [3.8, 4) is 0 Å². The molecule has 5 nitrogen and oxygen atoms in total. The lowest BCUT2D eigenvalue weighted by Crippen LogP contribution is -2.14. The van der Waals surface area contributed by atoms with Crippen molar-refractivity contribution in [2.24, 2.45) is 0 Å². The highest BCUT2D eigenvalue weighted by Crippen LogP contribution is 2.20. The summed E-state index contributed by atoms with van der Waals surface area (Å²) in [5, 5.41) is 3.11. The van der Waals surface area contributed by atoms with E-state index in [1.807, 2.05) is 24.3 Å². The summed E-state index contributed by atoms with van der Waals surface area (Å²) in [6, 6.07) is 9.07. The summed E-state index contributed by atoms with van der Waals surface area (Å²) < 4.78 is 5.07. The van der Waals surface area contributed by atoms with Crippen LogP contribution in [-0.2, 0) is 11.2 Å². The van der Waals surface area contributed by atoms with E-state index in [0.717, 1.165) is 11.3 Å². The number of nitrogen functional groups attached to an aromatic ring is 1. The molecule has 1 aromatic carbocycles. The second-order valence-electron chi connectivity index (χ2n) is 4.45. The molecule has 1 heterocycles.